The number of hydrogen-bond donors (Lipinski definition) is 1. The van der Waals surface area contributed by atoms with E-state index in [1.165, 1.54) is 11.8 Å². The largest absolute Gasteiger partial charge is 0.325 e. The van der Waals surface area contributed by atoms with Crippen LogP contribution in [0, 0.1) is 0 Å². The lowest BCUT2D eigenvalue weighted by Crippen LogP contribution is -2.14. The van der Waals surface area contributed by atoms with Gasteiger partial charge in [-0.05, 0) is 30.3 Å². The van der Waals surface area contributed by atoms with Crippen molar-refractivity contribution in [1.29, 1.82) is 0 Å². The predicted molar refractivity (Wildman–Crippen MR) is 102 cm³/mol. The normalized spacial score (nSPS) is 10.7. The quantitative estimate of drug-likeness (QED) is 0.648. The number of hydrogen-bond acceptors (Lipinski definition) is 4. The summed E-state index contributed by atoms with van der Waals surface area (Å²) in [5.41, 5.74) is 1.58. The number of para-hydroxylation sites is 1. The molecule has 0 saturated carbocycles. The molecule has 0 radical (unpaired) electrons. The molecular formula is C17H14Cl2N4OS. The Hall–Kier alpha value is -2.02. The zero-order valence-corrected chi connectivity index (χ0v) is 15.6. The number of rotatable bonds is 5. The van der Waals surface area contributed by atoms with E-state index in [0.29, 0.717) is 21.0 Å². The minimum absolute atomic E-state index is 0.102. The van der Waals surface area contributed by atoms with Crippen molar-refractivity contribution in [3.63, 3.8) is 0 Å². The van der Waals surface area contributed by atoms with Crippen molar-refractivity contribution in [2.24, 2.45) is 7.05 Å². The molecule has 8 heteroatoms. The van der Waals surface area contributed by atoms with Crippen molar-refractivity contribution in [3.8, 4) is 11.4 Å². The summed E-state index contributed by atoms with van der Waals surface area (Å²) >= 11 is 13.3. The fourth-order valence-electron chi connectivity index (χ4n) is 2.18. The summed E-state index contributed by atoms with van der Waals surface area (Å²) < 4.78 is 1.82. The van der Waals surface area contributed by atoms with Gasteiger partial charge >= 0.3 is 0 Å². The van der Waals surface area contributed by atoms with Crippen LogP contribution in [0.25, 0.3) is 11.4 Å². The van der Waals surface area contributed by atoms with Gasteiger partial charge in [-0.15, -0.1) is 10.2 Å². The second-order valence-electron chi connectivity index (χ2n) is 5.20. The number of amides is 1. The lowest BCUT2D eigenvalue weighted by molar-refractivity contribution is -0.113. The van der Waals surface area contributed by atoms with E-state index in [0.717, 1.165) is 11.3 Å². The van der Waals surface area contributed by atoms with Crippen molar-refractivity contribution in [2.75, 3.05) is 11.1 Å². The molecule has 1 amide bonds. The van der Waals surface area contributed by atoms with Gasteiger partial charge in [-0.3, -0.25) is 4.79 Å². The molecule has 25 heavy (non-hydrogen) atoms. The van der Waals surface area contributed by atoms with Gasteiger partial charge in [0.2, 0.25) is 5.91 Å². The highest BCUT2D eigenvalue weighted by atomic mass is 35.5. The number of benzene rings is 2. The molecule has 0 bridgehead atoms. The van der Waals surface area contributed by atoms with Crippen LogP contribution in [0.5, 0.6) is 0 Å². The summed E-state index contributed by atoms with van der Waals surface area (Å²) in [5.74, 6) is 0.794. The summed E-state index contributed by atoms with van der Waals surface area (Å²) in [4.78, 5) is 12.0. The molecule has 1 aromatic heterocycles. The monoisotopic (exact) mass is 392 g/mol. The van der Waals surface area contributed by atoms with Crippen molar-refractivity contribution in [3.05, 3.63) is 58.6 Å². The topological polar surface area (TPSA) is 59.8 Å². The first kappa shape index (κ1) is 17.8. The predicted octanol–water partition coefficient (Wildman–Crippen LogP) is 4.52. The summed E-state index contributed by atoms with van der Waals surface area (Å²) in [5, 5.41) is 12.7. The van der Waals surface area contributed by atoms with Crippen LogP contribution in [0.3, 0.4) is 0 Å². The number of carbonyl (C=O) groups excluding carboxylic acids is 1. The van der Waals surface area contributed by atoms with Gasteiger partial charge in [0.1, 0.15) is 0 Å². The number of aromatic nitrogens is 3. The molecule has 128 valence electrons. The van der Waals surface area contributed by atoms with Crippen LogP contribution in [0.2, 0.25) is 10.0 Å². The number of halogens is 2. The fourth-order valence-corrected chi connectivity index (χ4v) is 3.18. The van der Waals surface area contributed by atoms with Crippen molar-refractivity contribution in [2.45, 2.75) is 5.16 Å². The Labute approximate surface area is 159 Å². The van der Waals surface area contributed by atoms with E-state index in [9.17, 15) is 4.79 Å². The molecule has 0 spiro atoms. The zero-order chi connectivity index (χ0) is 17.8. The summed E-state index contributed by atoms with van der Waals surface area (Å²) in [6.07, 6.45) is 0. The standard InChI is InChI=1S/C17H14Cl2N4OS/c1-23-16(11-7-8-13(18)14(19)9-11)21-22-17(23)25-10-15(24)20-12-5-3-2-4-6-12/h2-9H,10H2,1H3,(H,20,24). The molecule has 0 saturated heterocycles. The highest BCUT2D eigenvalue weighted by Crippen LogP contribution is 2.29. The third kappa shape index (κ3) is 4.34. The van der Waals surface area contributed by atoms with E-state index >= 15 is 0 Å². The van der Waals surface area contributed by atoms with Gasteiger partial charge in [0.05, 0.1) is 15.8 Å². The Kier molecular flexibility index (Phi) is 5.63. The molecule has 0 aliphatic carbocycles. The van der Waals surface area contributed by atoms with Gasteiger partial charge in [-0.25, -0.2) is 0 Å². The summed E-state index contributed by atoms with van der Waals surface area (Å²) in [6, 6.07) is 14.6. The Morgan fingerprint density at radius 3 is 2.60 bits per heavy atom. The first-order valence-corrected chi connectivity index (χ1v) is 9.11. The van der Waals surface area contributed by atoms with E-state index in [1.807, 2.05) is 48.0 Å². The lowest BCUT2D eigenvalue weighted by Gasteiger charge is -2.06. The lowest BCUT2D eigenvalue weighted by atomic mass is 10.2. The third-order valence-electron chi connectivity index (χ3n) is 3.40. The van der Waals surface area contributed by atoms with Gasteiger partial charge in [0, 0.05) is 18.3 Å². The zero-order valence-electron chi connectivity index (χ0n) is 13.2. The van der Waals surface area contributed by atoms with Gasteiger partial charge in [-0.1, -0.05) is 53.2 Å². The van der Waals surface area contributed by atoms with Crippen molar-refractivity contribution >= 4 is 46.6 Å². The van der Waals surface area contributed by atoms with Crippen LogP contribution in [-0.4, -0.2) is 26.4 Å². The molecule has 5 nitrogen and oxygen atoms in total. The van der Waals surface area contributed by atoms with E-state index in [2.05, 4.69) is 15.5 Å². The smallest absolute Gasteiger partial charge is 0.234 e. The molecule has 0 aliphatic heterocycles. The maximum Gasteiger partial charge on any atom is 0.234 e. The van der Waals surface area contributed by atoms with Crippen LogP contribution in [0.15, 0.2) is 53.7 Å². The second-order valence-corrected chi connectivity index (χ2v) is 6.95. The van der Waals surface area contributed by atoms with Crippen LogP contribution in [-0.2, 0) is 11.8 Å². The summed E-state index contributed by atoms with van der Waals surface area (Å²) in [7, 11) is 1.84. The molecular weight excluding hydrogens is 379 g/mol. The van der Waals surface area contributed by atoms with Crippen LogP contribution >= 0.6 is 35.0 Å². The minimum Gasteiger partial charge on any atom is -0.325 e. The number of thioether (sulfide) groups is 1. The molecule has 3 rings (SSSR count). The maximum absolute atomic E-state index is 12.0. The Bertz CT molecular complexity index is 899. The first-order valence-electron chi connectivity index (χ1n) is 7.37. The number of nitrogens with one attached hydrogen (secondary N) is 1. The highest BCUT2D eigenvalue weighted by molar-refractivity contribution is 7.99. The van der Waals surface area contributed by atoms with E-state index < -0.39 is 0 Å². The molecule has 3 aromatic rings. The Morgan fingerprint density at radius 1 is 1.12 bits per heavy atom. The van der Waals surface area contributed by atoms with Crippen LogP contribution in [0.1, 0.15) is 0 Å². The van der Waals surface area contributed by atoms with E-state index in [1.54, 1.807) is 12.1 Å². The molecule has 0 fully saturated rings. The molecule has 0 aliphatic rings. The molecule has 0 atom stereocenters. The van der Waals surface area contributed by atoms with Crippen LogP contribution < -0.4 is 5.32 Å². The third-order valence-corrected chi connectivity index (χ3v) is 5.16. The molecule has 0 unspecified atom stereocenters. The van der Waals surface area contributed by atoms with E-state index in [-0.39, 0.29) is 11.7 Å². The van der Waals surface area contributed by atoms with Gasteiger partial charge in [0.25, 0.3) is 0 Å². The Balaban J connectivity index is 1.67. The number of anilines is 1. The molecule has 1 N–H and O–H groups in total. The highest BCUT2D eigenvalue weighted by Gasteiger charge is 2.14. The second kappa shape index (κ2) is 7.91. The number of nitrogens with zero attached hydrogens (tertiary/aromatic N) is 3. The van der Waals surface area contributed by atoms with Gasteiger partial charge in [-0.2, -0.15) is 0 Å². The van der Waals surface area contributed by atoms with Gasteiger partial charge in [0.15, 0.2) is 11.0 Å². The average Bonchev–Trinajstić information content (AvgIpc) is 2.97. The average molecular weight is 393 g/mol. The van der Waals surface area contributed by atoms with Crippen molar-refractivity contribution in [1.82, 2.24) is 14.8 Å². The van der Waals surface area contributed by atoms with Crippen LogP contribution in [0.4, 0.5) is 5.69 Å². The fraction of sp³-hybridized carbons (Fsp3) is 0.118. The van der Waals surface area contributed by atoms with Gasteiger partial charge < -0.3 is 9.88 Å². The SMILES string of the molecule is Cn1c(SCC(=O)Nc2ccccc2)nnc1-c1ccc(Cl)c(Cl)c1. The molecule has 2 aromatic carbocycles. The minimum atomic E-state index is -0.102. The Morgan fingerprint density at radius 2 is 1.88 bits per heavy atom. The summed E-state index contributed by atoms with van der Waals surface area (Å²) in [6.45, 7) is 0. The maximum atomic E-state index is 12.0. The molecule has 1 heterocycles. The van der Waals surface area contributed by atoms with E-state index in [4.69, 9.17) is 23.2 Å². The number of carbonyl (C=O) groups is 1. The first-order chi connectivity index (χ1) is 12.0. The van der Waals surface area contributed by atoms with Crippen molar-refractivity contribution < 1.29 is 4.79 Å².